The second kappa shape index (κ2) is 5.91. The summed E-state index contributed by atoms with van der Waals surface area (Å²) in [6, 6.07) is 14.1. The summed E-state index contributed by atoms with van der Waals surface area (Å²) in [5, 5.41) is 0. The van der Waals surface area contributed by atoms with E-state index >= 15 is 0 Å². The van der Waals surface area contributed by atoms with Crippen LogP contribution in [0.4, 0.5) is 13.2 Å². The number of benzene rings is 2. The van der Waals surface area contributed by atoms with Gasteiger partial charge in [0.1, 0.15) is 18.1 Å². The first-order valence-corrected chi connectivity index (χ1v) is 7.04. The highest BCUT2D eigenvalue weighted by Crippen LogP contribution is 2.44. The van der Waals surface area contributed by atoms with Gasteiger partial charge in [0, 0.05) is 11.6 Å². The predicted molar refractivity (Wildman–Crippen MR) is 76.1 cm³/mol. The number of ether oxygens (including phenoxy) is 2. The highest BCUT2D eigenvalue weighted by molar-refractivity contribution is 5.44. The molecule has 0 N–H and O–H groups in total. The Balaban J connectivity index is 1.76. The van der Waals surface area contributed by atoms with Gasteiger partial charge in [-0.2, -0.15) is 13.2 Å². The number of rotatable bonds is 3. The van der Waals surface area contributed by atoms with E-state index < -0.39 is 12.1 Å². The number of hydrogen-bond acceptors (Lipinski definition) is 2. The molecule has 0 aromatic heterocycles. The van der Waals surface area contributed by atoms with Crippen LogP contribution in [0.25, 0.3) is 0 Å². The van der Waals surface area contributed by atoms with Crippen molar-refractivity contribution in [3.05, 3.63) is 59.7 Å². The second-order valence-electron chi connectivity index (χ2n) is 5.21. The Kier molecular flexibility index (Phi) is 3.96. The third kappa shape index (κ3) is 3.18. The normalized spacial score (nSPS) is 17.5. The zero-order valence-electron chi connectivity index (χ0n) is 11.8. The lowest BCUT2D eigenvalue weighted by Crippen LogP contribution is -2.26. The minimum Gasteiger partial charge on any atom is -0.493 e. The molecule has 5 heteroatoms. The Morgan fingerprint density at radius 2 is 1.86 bits per heavy atom. The summed E-state index contributed by atoms with van der Waals surface area (Å²) in [4.78, 5) is 0. The Labute approximate surface area is 126 Å². The lowest BCUT2D eigenvalue weighted by molar-refractivity contribution is -0.155. The van der Waals surface area contributed by atoms with E-state index in [1.807, 2.05) is 30.3 Å². The fourth-order valence-corrected chi connectivity index (χ4v) is 2.54. The molecule has 2 nitrogen and oxygen atoms in total. The number of hydrogen-bond donors (Lipinski definition) is 0. The van der Waals surface area contributed by atoms with Crippen LogP contribution in [-0.4, -0.2) is 12.8 Å². The number of fused-ring (bicyclic) bond motifs is 1. The third-order valence-electron chi connectivity index (χ3n) is 3.67. The van der Waals surface area contributed by atoms with Gasteiger partial charge in [-0.25, -0.2) is 0 Å². The van der Waals surface area contributed by atoms with Crippen molar-refractivity contribution in [1.29, 1.82) is 0 Å². The summed E-state index contributed by atoms with van der Waals surface area (Å²) in [6.07, 6.45) is -4.29. The Morgan fingerprint density at radius 3 is 2.59 bits per heavy atom. The molecule has 0 saturated heterocycles. The lowest BCUT2D eigenvalue weighted by Gasteiger charge is -2.28. The van der Waals surface area contributed by atoms with Crippen LogP contribution >= 0.6 is 0 Å². The van der Waals surface area contributed by atoms with Gasteiger partial charge in [0.25, 0.3) is 0 Å². The van der Waals surface area contributed by atoms with Gasteiger partial charge in [-0.15, -0.1) is 0 Å². The van der Waals surface area contributed by atoms with Crippen molar-refractivity contribution in [2.45, 2.75) is 25.1 Å². The maximum Gasteiger partial charge on any atom is 0.396 e. The molecule has 0 fully saturated rings. The van der Waals surface area contributed by atoms with Crippen LogP contribution in [0.15, 0.2) is 48.5 Å². The highest BCUT2D eigenvalue weighted by atomic mass is 19.4. The molecule has 0 aliphatic carbocycles. The summed E-state index contributed by atoms with van der Waals surface area (Å²) in [5.41, 5.74) is 1.18. The van der Waals surface area contributed by atoms with E-state index in [4.69, 9.17) is 9.47 Å². The molecule has 1 aliphatic heterocycles. The van der Waals surface area contributed by atoms with E-state index in [1.165, 1.54) is 12.1 Å². The first kappa shape index (κ1) is 14.8. The van der Waals surface area contributed by atoms with Crippen molar-refractivity contribution < 1.29 is 22.6 Å². The standard InChI is InChI=1S/C17H15F3O2/c18-17(19,20)15-8-9-21-16-10-13(6-7-14(15)16)22-11-12-4-2-1-3-5-12/h1-7,10,15H,8-9,11H2. The number of halogens is 3. The molecule has 1 aliphatic rings. The van der Waals surface area contributed by atoms with Crippen LogP contribution in [0.1, 0.15) is 23.5 Å². The van der Waals surface area contributed by atoms with Gasteiger partial charge in [-0.3, -0.25) is 0 Å². The van der Waals surface area contributed by atoms with Crippen molar-refractivity contribution in [3.63, 3.8) is 0 Å². The fourth-order valence-electron chi connectivity index (χ4n) is 2.54. The fraction of sp³-hybridized carbons (Fsp3) is 0.294. The molecule has 1 atom stereocenters. The van der Waals surface area contributed by atoms with Gasteiger partial charge in [-0.05, 0) is 18.1 Å². The largest absolute Gasteiger partial charge is 0.493 e. The molecule has 0 bridgehead atoms. The molecule has 0 spiro atoms. The second-order valence-corrected chi connectivity index (χ2v) is 5.21. The number of alkyl halides is 3. The topological polar surface area (TPSA) is 18.5 Å². The monoisotopic (exact) mass is 308 g/mol. The molecule has 0 amide bonds. The van der Waals surface area contributed by atoms with Crippen molar-refractivity contribution >= 4 is 0 Å². The van der Waals surface area contributed by atoms with E-state index in [0.29, 0.717) is 12.4 Å². The molecule has 2 aromatic rings. The van der Waals surface area contributed by atoms with Gasteiger partial charge in [0.15, 0.2) is 0 Å². The van der Waals surface area contributed by atoms with Crippen LogP contribution in [0.2, 0.25) is 0 Å². The molecule has 0 radical (unpaired) electrons. The third-order valence-corrected chi connectivity index (χ3v) is 3.67. The van der Waals surface area contributed by atoms with Gasteiger partial charge in [0.05, 0.1) is 12.5 Å². The smallest absolute Gasteiger partial charge is 0.396 e. The van der Waals surface area contributed by atoms with Gasteiger partial charge in [0.2, 0.25) is 0 Å². The van der Waals surface area contributed by atoms with Crippen LogP contribution in [-0.2, 0) is 6.61 Å². The molecular weight excluding hydrogens is 293 g/mol. The lowest BCUT2D eigenvalue weighted by atomic mass is 9.92. The van der Waals surface area contributed by atoms with Crippen LogP contribution in [0.3, 0.4) is 0 Å². The van der Waals surface area contributed by atoms with E-state index in [9.17, 15) is 13.2 Å². The minimum absolute atomic E-state index is 0.0410. The molecule has 116 valence electrons. The quantitative estimate of drug-likeness (QED) is 0.818. The summed E-state index contributed by atoms with van der Waals surface area (Å²) in [5.74, 6) is -0.691. The van der Waals surface area contributed by atoms with Crippen LogP contribution in [0.5, 0.6) is 11.5 Å². The molecule has 0 saturated carbocycles. The van der Waals surface area contributed by atoms with Gasteiger partial charge < -0.3 is 9.47 Å². The summed E-state index contributed by atoms with van der Waals surface area (Å²) < 4.78 is 50.0. The summed E-state index contributed by atoms with van der Waals surface area (Å²) >= 11 is 0. The van der Waals surface area contributed by atoms with E-state index in [1.54, 1.807) is 6.07 Å². The first-order valence-electron chi connectivity index (χ1n) is 7.04. The van der Waals surface area contributed by atoms with E-state index in [-0.39, 0.29) is 24.3 Å². The van der Waals surface area contributed by atoms with Gasteiger partial charge in [-0.1, -0.05) is 36.4 Å². The highest BCUT2D eigenvalue weighted by Gasteiger charge is 2.43. The SMILES string of the molecule is FC(F)(F)C1CCOc2cc(OCc3ccccc3)ccc21. The van der Waals surface area contributed by atoms with E-state index in [2.05, 4.69) is 0 Å². The van der Waals surface area contributed by atoms with Crippen molar-refractivity contribution in [3.8, 4) is 11.5 Å². The Morgan fingerprint density at radius 1 is 1.09 bits per heavy atom. The Hall–Kier alpha value is -2.17. The molecule has 1 heterocycles. The zero-order valence-corrected chi connectivity index (χ0v) is 11.8. The summed E-state index contributed by atoms with van der Waals surface area (Å²) in [6.45, 7) is 0.432. The van der Waals surface area contributed by atoms with Crippen molar-refractivity contribution in [2.24, 2.45) is 0 Å². The molecular formula is C17H15F3O2. The Bertz CT molecular complexity index is 638. The predicted octanol–water partition coefficient (Wildman–Crippen LogP) is 4.69. The molecule has 22 heavy (non-hydrogen) atoms. The maximum absolute atomic E-state index is 13.0. The average molecular weight is 308 g/mol. The van der Waals surface area contributed by atoms with E-state index in [0.717, 1.165) is 5.56 Å². The van der Waals surface area contributed by atoms with Gasteiger partial charge >= 0.3 is 6.18 Å². The molecule has 3 rings (SSSR count). The van der Waals surface area contributed by atoms with Crippen molar-refractivity contribution in [1.82, 2.24) is 0 Å². The molecule has 1 unspecified atom stereocenters. The summed E-state index contributed by atoms with van der Waals surface area (Å²) in [7, 11) is 0. The van der Waals surface area contributed by atoms with Crippen molar-refractivity contribution in [2.75, 3.05) is 6.61 Å². The van der Waals surface area contributed by atoms with Crippen LogP contribution < -0.4 is 9.47 Å². The van der Waals surface area contributed by atoms with Crippen LogP contribution in [0, 0.1) is 0 Å². The average Bonchev–Trinajstić information content (AvgIpc) is 2.52. The first-order chi connectivity index (χ1) is 10.5. The zero-order chi connectivity index (χ0) is 15.6. The molecule has 2 aromatic carbocycles. The minimum atomic E-state index is -4.25. The maximum atomic E-state index is 13.0.